The molecule has 3 nitrogen and oxygen atoms in total. The van der Waals surface area contributed by atoms with Gasteiger partial charge < -0.3 is 9.14 Å². The van der Waals surface area contributed by atoms with Crippen LogP contribution in [-0.2, 0) is 4.79 Å². The fraction of sp³-hybridized carbons (Fsp3) is 0.167. The molecular weight excluding hydrogens is 262 g/mol. The molecule has 0 fully saturated rings. The number of carbonyl (C=O) groups excluding carboxylic acids is 1. The standard InChI is InChI=1S/C18H17NO2/c1-12-9-10-16-18(21-14(3)20)13(2)17(19(16)11-12)15-7-5-4-6-8-15/h4-11H,1-3H3. The Balaban J connectivity index is 2.35. The molecule has 0 radical (unpaired) electrons. The highest BCUT2D eigenvalue weighted by Crippen LogP contribution is 2.37. The van der Waals surface area contributed by atoms with Crippen LogP contribution >= 0.6 is 0 Å². The smallest absolute Gasteiger partial charge is 0.308 e. The summed E-state index contributed by atoms with van der Waals surface area (Å²) in [6.07, 6.45) is 2.07. The summed E-state index contributed by atoms with van der Waals surface area (Å²) in [7, 11) is 0. The van der Waals surface area contributed by atoms with Gasteiger partial charge in [-0.15, -0.1) is 0 Å². The van der Waals surface area contributed by atoms with Crippen molar-refractivity contribution in [1.29, 1.82) is 0 Å². The van der Waals surface area contributed by atoms with Crippen LogP contribution in [0.5, 0.6) is 5.75 Å². The Kier molecular flexibility index (Phi) is 3.26. The maximum Gasteiger partial charge on any atom is 0.308 e. The van der Waals surface area contributed by atoms with Crippen LogP contribution in [0.4, 0.5) is 0 Å². The number of carbonyl (C=O) groups is 1. The monoisotopic (exact) mass is 279 g/mol. The van der Waals surface area contributed by atoms with Gasteiger partial charge in [0.05, 0.1) is 11.2 Å². The molecule has 3 rings (SSSR count). The van der Waals surface area contributed by atoms with Gasteiger partial charge in [0.2, 0.25) is 0 Å². The molecule has 0 amide bonds. The quantitative estimate of drug-likeness (QED) is 0.660. The van der Waals surface area contributed by atoms with E-state index >= 15 is 0 Å². The molecule has 0 spiro atoms. The Morgan fingerprint density at radius 3 is 2.43 bits per heavy atom. The second kappa shape index (κ2) is 5.09. The molecule has 0 unspecified atom stereocenters. The summed E-state index contributed by atoms with van der Waals surface area (Å²) in [6.45, 7) is 5.47. The van der Waals surface area contributed by atoms with E-state index in [4.69, 9.17) is 4.74 Å². The number of nitrogens with zero attached hydrogens (tertiary/aromatic N) is 1. The molecule has 0 saturated heterocycles. The Bertz CT molecular complexity index is 816. The minimum atomic E-state index is -0.300. The maximum atomic E-state index is 11.4. The highest BCUT2D eigenvalue weighted by atomic mass is 16.5. The van der Waals surface area contributed by atoms with Crippen molar-refractivity contribution < 1.29 is 9.53 Å². The zero-order valence-electron chi connectivity index (χ0n) is 12.4. The average Bonchev–Trinajstić information content (AvgIpc) is 2.71. The van der Waals surface area contributed by atoms with Crippen molar-refractivity contribution in [3.63, 3.8) is 0 Å². The largest absolute Gasteiger partial charge is 0.424 e. The topological polar surface area (TPSA) is 30.7 Å². The van der Waals surface area contributed by atoms with Crippen molar-refractivity contribution in [2.45, 2.75) is 20.8 Å². The van der Waals surface area contributed by atoms with Gasteiger partial charge >= 0.3 is 5.97 Å². The molecule has 2 aromatic heterocycles. The first-order chi connectivity index (χ1) is 10.1. The van der Waals surface area contributed by atoms with Crippen LogP contribution in [0.1, 0.15) is 18.1 Å². The normalized spacial score (nSPS) is 10.8. The first-order valence-electron chi connectivity index (χ1n) is 6.93. The minimum Gasteiger partial charge on any atom is -0.424 e. The number of benzene rings is 1. The Morgan fingerprint density at radius 1 is 1.05 bits per heavy atom. The van der Waals surface area contributed by atoms with E-state index in [2.05, 4.69) is 29.7 Å². The van der Waals surface area contributed by atoms with Gasteiger partial charge in [0.25, 0.3) is 0 Å². The summed E-state index contributed by atoms with van der Waals surface area (Å²) >= 11 is 0. The number of ether oxygens (including phenoxy) is 1. The number of rotatable bonds is 2. The zero-order valence-corrected chi connectivity index (χ0v) is 12.4. The molecule has 21 heavy (non-hydrogen) atoms. The van der Waals surface area contributed by atoms with E-state index in [1.165, 1.54) is 6.92 Å². The molecule has 0 atom stereocenters. The van der Waals surface area contributed by atoms with Crippen molar-refractivity contribution in [2.24, 2.45) is 0 Å². The predicted octanol–water partition coefficient (Wildman–Crippen LogP) is 4.15. The third-order valence-corrected chi connectivity index (χ3v) is 3.56. The van der Waals surface area contributed by atoms with E-state index in [1.807, 2.05) is 37.3 Å². The van der Waals surface area contributed by atoms with Crippen molar-refractivity contribution in [2.75, 3.05) is 0 Å². The molecule has 3 aromatic rings. The van der Waals surface area contributed by atoms with Gasteiger partial charge in [-0.2, -0.15) is 0 Å². The van der Waals surface area contributed by atoms with E-state index in [9.17, 15) is 4.79 Å². The van der Waals surface area contributed by atoms with Crippen LogP contribution in [0.15, 0.2) is 48.7 Å². The van der Waals surface area contributed by atoms with Crippen LogP contribution < -0.4 is 4.74 Å². The van der Waals surface area contributed by atoms with Gasteiger partial charge in [0, 0.05) is 18.7 Å². The Hall–Kier alpha value is -2.55. The highest BCUT2D eigenvalue weighted by molar-refractivity contribution is 5.82. The zero-order chi connectivity index (χ0) is 15.0. The lowest BCUT2D eigenvalue weighted by atomic mass is 10.1. The summed E-state index contributed by atoms with van der Waals surface area (Å²) in [6, 6.07) is 14.2. The number of esters is 1. The molecule has 3 heteroatoms. The number of hydrogen-bond acceptors (Lipinski definition) is 2. The number of aromatic nitrogens is 1. The molecule has 106 valence electrons. The number of fused-ring (bicyclic) bond motifs is 1. The third-order valence-electron chi connectivity index (χ3n) is 3.56. The fourth-order valence-electron chi connectivity index (χ4n) is 2.68. The van der Waals surface area contributed by atoms with E-state index in [-0.39, 0.29) is 5.97 Å². The third kappa shape index (κ3) is 2.31. The van der Waals surface area contributed by atoms with Crippen LogP contribution in [-0.4, -0.2) is 10.4 Å². The van der Waals surface area contributed by atoms with Crippen molar-refractivity contribution in [3.05, 3.63) is 59.8 Å². The molecular formula is C18H17NO2. The van der Waals surface area contributed by atoms with Crippen LogP contribution in [0.2, 0.25) is 0 Å². The van der Waals surface area contributed by atoms with E-state index in [1.54, 1.807) is 0 Å². The van der Waals surface area contributed by atoms with Crippen molar-refractivity contribution >= 4 is 11.5 Å². The summed E-state index contributed by atoms with van der Waals surface area (Å²) in [5, 5.41) is 0. The van der Waals surface area contributed by atoms with Crippen LogP contribution in [0.3, 0.4) is 0 Å². The lowest BCUT2D eigenvalue weighted by Crippen LogP contribution is -2.01. The second-order valence-corrected chi connectivity index (χ2v) is 5.22. The molecule has 2 heterocycles. The van der Waals surface area contributed by atoms with Crippen molar-refractivity contribution in [3.8, 4) is 17.0 Å². The Labute approximate surface area is 123 Å². The summed E-state index contributed by atoms with van der Waals surface area (Å²) < 4.78 is 7.54. The average molecular weight is 279 g/mol. The van der Waals surface area contributed by atoms with Gasteiger partial charge in [-0.25, -0.2) is 0 Å². The minimum absolute atomic E-state index is 0.300. The maximum absolute atomic E-state index is 11.4. The molecule has 0 aliphatic rings. The SMILES string of the molecule is CC(=O)Oc1c(C)c(-c2ccccc2)n2cc(C)ccc12. The Morgan fingerprint density at radius 2 is 1.76 bits per heavy atom. The van der Waals surface area contributed by atoms with Gasteiger partial charge in [-0.05, 0) is 31.0 Å². The van der Waals surface area contributed by atoms with Gasteiger partial charge in [-0.1, -0.05) is 36.4 Å². The molecule has 0 aliphatic carbocycles. The van der Waals surface area contributed by atoms with Gasteiger partial charge in [-0.3, -0.25) is 4.79 Å². The predicted molar refractivity (Wildman–Crippen MR) is 83.6 cm³/mol. The lowest BCUT2D eigenvalue weighted by molar-refractivity contribution is -0.131. The summed E-state index contributed by atoms with van der Waals surface area (Å²) in [4.78, 5) is 11.4. The molecule has 0 bridgehead atoms. The molecule has 1 aromatic carbocycles. The summed E-state index contributed by atoms with van der Waals surface area (Å²) in [5.41, 5.74) is 5.21. The first-order valence-corrected chi connectivity index (χ1v) is 6.93. The first kappa shape index (κ1) is 13.4. The second-order valence-electron chi connectivity index (χ2n) is 5.22. The summed E-state index contributed by atoms with van der Waals surface area (Å²) in [5.74, 6) is 0.340. The van der Waals surface area contributed by atoms with Crippen LogP contribution in [0.25, 0.3) is 16.8 Å². The number of hydrogen-bond donors (Lipinski definition) is 0. The van der Waals surface area contributed by atoms with E-state index < -0.39 is 0 Å². The van der Waals surface area contributed by atoms with E-state index in [0.29, 0.717) is 5.75 Å². The van der Waals surface area contributed by atoms with Crippen molar-refractivity contribution in [1.82, 2.24) is 4.40 Å². The highest BCUT2D eigenvalue weighted by Gasteiger charge is 2.18. The van der Waals surface area contributed by atoms with E-state index in [0.717, 1.165) is 27.9 Å². The lowest BCUT2D eigenvalue weighted by Gasteiger charge is -2.05. The van der Waals surface area contributed by atoms with Crippen LogP contribution in [0, 0.1) is 13.8 Å². The molecule has 0 saturated carbocycles. The number of pyridine rings is 1. The fourth-order valence-corrected chi connectivity index (χ4v) is 2.68. The molecule has 0 N–H and O–H groups in total. The van der Waals surface area contributed by atoms with Gasteiger partial charge in [0.15, 0.2) is 5.75 Å². The number of aryl methyl sites for hydroxylation is 1. The van der Waals surface area contributed by atoms with Gasteiger partial charge in [0.1, 0.15) is 0 Å². The molecule has 0 aliphatic heterocycles.